The maximum absolute atomic E-state index is 13.3. The van der Waals surface area contributed by atoms with E-state index in [2.05, 4.69) is 22.5 Å². The molecule has 1 aromatic rings. The van der Waals surface area contributed by atoms with Crippen LogP contribution in [0.4, 0.5) is 5.69 Å². The van der Waals surface area contributed by atoms with E-state index in [0.717, 1.165) is 6.08 Å². The number of hydrogen-bond donors (Lipinski definition) is 6. The van der Waals surface area contributed by atoms with E-state index < -0.39 is 48.9 Å². The molecule has 35 heavy (non-hydrogen) atoms. The van der Waals surface area contributed by atoms with Crippen LogP contribution in [0.2, 0.25) is 0 Å². The van der Waals surface area contributed by atoms with Crippen LogP contribution in [-0.4, -0.2) is 83.4 Å². The Morgan fingerprint density at radius 3 is 2.06 bits per heavy atom. The molecule has 1 atom stereocenters. The lowest BCUT2D eigenvalue weighted by molar-refractivity contribution is -0.137. The van der Waals surface area contributed by atoms with Gasteiger partial charge < -0.3 is 40.7 Å². The Hall–Kier alpha value is -0.640. The van der Waals surface area contributed by atoms with Crippen LogP contribution in [0, 0.1) is 10.7 Å². The highest BCUT2D eigenvalue weighted by molar-refractivity contribution is 14.1. The molecule has 1 saturated heterocycles. The first-order valence-electron chi connectivity index (χ1n) is 10.2. The summed E-state index contributed by atoms with van der Waals surface area (Å²) in [6.45, 7) is 5.24. The predicted octanol–water partition coefficient (Wildman–Crippen LogP) is 0.952. The maximum Gasteiger partial charge on any atom is 0.254 e. The molecule has 0 bridgehead atoms. The quantitative estimate of drug-likeness (QED) is 0.150. The van der Waals surface area contributed by atoms with Crippen molar-refractivity contribution in [2.75, 3.05) is 38.3 Å². The van der Waals surface area contributed by atoms with Crippen molar-refractivity contribution in [2.45, 2.75) is 31.3 Å². The first-order valence-corrected chi connectivity index (χ1v) is 13.5. The summed E-state index contributed by atoms with van der Waals surface area (Å²) >= 11 is 5.64. The Kier molecular flexibility index (Phi) is 11.1. The smallest absolute Gasteiger partial charge is 0.254 e. The van der Waals surface area contributed by atoms with E-state index in [1.54, 1.807) is 13.8 Å². The average molecular weight is 829 g/mol. The van der Waals surface area contributed by atoms with Gasteiger partial charge >= 0.3 is 0 Å². The van der Waals surface area contributed by atoms with Gasteiger partial charge in [0.15, 0.2) is 5.79 Å². The van der Waals surface area contributed by atoms with Crippen molar-refractivity contribution in [3.63, 3.8) is 0 Å². The number of rotatable bonds is 10. The van der Waals surface area contributed by atoms with Gasteiger partial charge in [-0.3, -0.25) is 14.4 Å². The van der Waals surface area contributed by atoms with Gasteiger partial charge in [-0.15, -0.1) is 0 Å². The molecule has 0 spiro atoms. The molecule has 1 heterocycles. The minimum absolute atomic E-state index is 0.0254. The molecule has 0 saturated carbocycles. The van der Waals surface area contributed by atoms with Gasteiger partial charge in [-0.1, -0.05) is 6.58 Å². The van der Waals surface area contributed by atoms with Crippen molar-refractivity contribution in [2.24, 2.45) is 0 Å². The molecule has 1 aliphatic rings. The van der Waals surface area contributed by atoms with Crippen molar-refractivity contribution in [3.8, 4) is 0 Å². The summed E-state index contributed by atoms with van der Waals surface area (Å²) < 4.78 is 12.2. The van der Waals surface area contributed by atoms with Gasteiger partial charge in [0.1, 0.15) is 11.6 Å². The fourth-order valence-electron chi connectivity index (χ4n) is 3.08. The van der Waals surface area contributed by atoms with Crippen LogP contribution >= 0.6 is 67.8 Å². The monoisotopic (exact) mass is 829 g/mol. The van der Waals surface area contributed by atoms with Gasteiger partial charge in [0, 0.05) is 10.1 Å². The summed E-state index contributed by atoms with van der Waals surface area (Å²) in [6.07, 6.45) is 0.687. The first-order chi connectivity index (χ1) is 16.3. The summed E-state index contributed by atoms with van der Waals surface area (Å²) in [5.41, 5.74) is -1.31. The molecule has 1 aliphatic heterocycles. The molecular formula is C21H26I3N3O8. The lowest BCUT2D eigenvalue weighted by Crippen LogP contribution is -2.57. The predicted molar refractivity (Wildman–Crippen MR) is 152 cm³/mol. The Labute approximate surface area is 243 Å². The van der Waals surface area contributed by atoms with Crippen LogP contribution in [0.1, 0.15) is 34.6 Å². The van der Waals surface area contributed by atoms with Crippen LogP contribution < -0.4 is 16.0 Å². The molecule has 2 rings (SSSR count). The average Bonchev–Trinajstić information content (AvgIpc) is 3.17. The molecule has 194 valence electrons. The number of amides is 3. The number of hydrogen-bond acceptors (Lipinski definition) is 8. The molecule has 0 radical (unpaired) electrons. The fraction of sp³-hybridized carbons (Fsp3) is 0.476. The topological polar surface area (TPSA) is 166 Å². The molecule has 0 aromatic heterocycles. The summed E-state index contributed by atoms with van der Waals surface area (Å²) in [5.74, 6) is -2.57. The molecule has 0 aliphatic carbocycles. The molecule has 11 nitrogen and oxygen atoms in total. The summed E-state index contributed by atoms with van der Waals surface area (Å²) in [7, 11) is 0. The van der Waals surface area contributed by atoms with E-state index in [9.17, 15) is 29.7 Å². The molecule has 1 fully saturated rings. The third-order valence-corrected chi connectivity index (χ3v) is 8.29. The number of halogens is 3. The van der Waals surface area contributed by atoms with E-state index in [4.69, 9.17) is 9.47 Å². The molecule has 14 heteroatoms. The standard InChI is InChI=1S/C21H26I3N3O8/c1-4-11(31)26-17-15(23)12(18(32)25-5-10-6-34-20(2,3)35-10)14(22)13(16(17)24)19(33)27-21(7-28,8-29)9-30/h4,10,28-30H,1,5-9H2,2-3H3,(H,25,32)(H,26,31)(H,27,33). The van der Waals surface area contributed by atoms with E-state index in [-0.39, 0.29) is 33.0 Å². The van der Waals surface area contributed by atoms with Crippen LogP contribution in [0.3, 0.4) is 0 Å². The van der Waals surface area contributed by atoms with Gasteiger partial charge in [-0.25, -0.2) is 0 Å². The summed E-state index contributed by atoms with van der Waals surface area (Å²) in [4.78, 5) is 38.6. The number of ether oxygens (including phenoxy) is 2. The number of aliphatic hydroxyl groups excluding tert-OH is 3. The first kappa shape index (κ1) is 30.6. The van der Waals surface area contributed by atoms with Gasteiger partial charge in [0.25, 0.3) is 11.8 Å². The van der Waals surface area contributed by atoms with E-state index in [0.29, 0.717) is 13.7 Å². The third-order valence-electron chi connectivity index (χ3n) is 5.05. The van der Waals surface area contributed by atoms with Gasteiger partial charge in [-0.05, 0) is 87.7 Å². The zero-order valence-corrected chi connectivity index (χ0v) is 25.4. The van der Waals surface area contributed by atoms with Crippen LogP contribution in [0.5, 0.6) is 0 Å². The van der Waals surface area contributed by atoms with Gasteiger partial charge in [0.05, 0.1) is 50.4 Å². The summed E-state index contributed by atoms with van der Waals surface area (Å²) in [5, 5.41) is 36.7. The number of carbonyl (C=O) groups excluding carboxylic acids is 3. The highest BCUT2D eigenvalue weighted by Crippen LogP contribution is 2.36. The largest absolute Gasteiger partial charge is 0.394 e. The second-order valence-electron chi connectivity index (χ2n) is 8.13. The van der Waals surface area contributed by atoms with Gasteiger partial charge in [-0.2, -0.15) is 0 Å². The van der Waals surface area contributed by atoms with Crippen LogP contribution in [-0.2, 0) is 14.3 Å². The van der Waals surface area contributed by atoms with Crippen molar-refractivity contribution in [1.29, 1.82) is 0 Å². The minimum atomic E-state index is -1.69. The molecule has 6 N–H and O–H groups in total. The van der Waals surface area contributed by atoms with Crippen LogP contribution in [0.15, 0.2) is 12.7 Å². The normalized spacial score (nSPS) is 17.1. The van der Waals surface area contributed by atoms with Crippen molar-refractivity contribution in [3.05, 3.63) is 34.5 Å². The van der Waals surface area contributed by atoms with Crippen LogP contribution in [0.25, 0.3) is 0 Å². The van der Waals surface area contributed by atoms with Crippen molar-refractivity contribution >= 4 is 91.2 Å². The van der Waals surface area contributed by atoms with E-state index >= 15 is 0 Å². The second-order valence-corrected chi connectivity index (χ2v) is 11.4. The number of benzene rings is 1. The number of nitrogens with one attached hydrogen (secondary N) is 3. The van der Waals surface area contributed by atoms with Crippen molar-refractivity contribution < 1.29 is 39.2 Å². The number of anilines is 1. The number of aliphatic hydroxyl groups is 3. The molecular weight excluding hydrogens is 803 g/mol. The lowest BCUT2D eigenvalue weighted by Gasteiger charge is -2.29. The SMILES string of the molecule is C=CC(=O)Nc1c(I)c(C(=O)NCC2COC(C)(C)O2)c(I)c(C(=O)NC(CO)(CO)CO)c1I. The number of carbonyl (C=O) groups is 3. The van der Waals surface area contributed by atoms with Gasteiger partial charge in [0.2, 0.25) is 5.91 Å². The summed E-state index contributed by atoms with van der Waals surface area (Å²) in [6, 6.07) is 0. The Balaban J connectivity index is 2.51. The maximum atomic E-state index is 13.3. The second kappa shape index (κ2) is 12.7. The van der Waals surface area contributed by atoms with E-state index in [1.807, 2.05) is 67.8 Å². The lowest BCUT2D eigenvalue weighted by atomic mass is 10.0. The highest BCUT2D eigenvalue weighted by atomic mass is 127. The molecule has 1 aromatic carbocycles. The Morgan fingerprint density at radius 1 is 1.06 bits per heavy atom. The molecule has 3 amide bonds. The Morgan fingerprint density at radius 2 is 1.60 bits per heavy atom. The van der Waals surface area contributed by atoms with Crippen molar-refractivity contribution in [1.82, 2.24) is 10.6 Å². The highest BCUT2D eigenvalue weighted by Gasteiger charge is 2.36. The minimum Gasteiger partial charge on any atom is -0.394 e. The van der Waals surface area contributed by atoms with E-state index in [1.165, 1.54) is 0 Å². The third kappa shape index (κ3) is 7.23. The fourth-order valence-corrected chi connectivity index (χ4v) is 7.49. The molecule has 1 unspecified atom stereocenters. The zero-order valence-electron chi connectivity index (χ0n) is 18.9. The zero-order chi connectivity index (χ0) is 26.6. The Bertz CT molecular complexity index is 1010.